The van der Waals surface area contributed by atoms with Gasteiger partial charge in [-0.15, -0.1) is 11.3 Å². The van der Waals surface area contributed by atoms with Gasteiger partial charge in [-0.05, 0) is 36.8 Å². The lowest BCUT2D eigenvalue weighted by molar-refractivity contribution is -0.121. The Morgan fingerprint density at radius 2 is 2.00 bits per heavy atom. The Kier molecular flexibility index (Phi) is 4.75. The predicted molar refractivity (Wildman–Crippen MR) is 102 cm³/mol. The third kappa shape index (κ3) is 3.65. The van der Waals surface area contributed by atoms with Crippen LogP contribution in [0.5, 0.6) is 11.5 Å². The molecule has 2 aromatic carbocycles. The van der Waals surface area contributed by atoms with Crippen molar-refractivity contribution in [3.63, 3.8) is 0 Å². The lowest BCUT2D eigenvalue weighted by atomic mass is 10.1. The van der Waals surface area contributed by atoms with E-state index in [-0.39, 0.29) is 11.9 Å². The van der Waals surface area contributed by atoms with Crippen LogP contribution in [0.1, 0.15) is 30.0 Å². The van der Waals surface area contributed by atoms with Crippen LogP contribution in [0.4, 0.5) is 0 Å². The molecule has 1 aliphatic heterocycles. The molecule has 0 spiro atoms. The van der Waals surface area contributed by atoms with Crippen molar-refractivity contribution < 1.29 is 14.3 Å². The summed E-state index contributed by atoms with van der Waals surface area (Å²) in [5, 5.41) is 4.04. The van der Waals surface area contributed by atoms with Gasteiger partial charge in [-0.25, -0.2) is 4.98 Å². The molecule has 0 radical (unpaired) electrons. The number of para-hydroxylation sites is 1. The molecule has 134 valence electrons. The van der Waals surface area contributed by atoms with Crippen molar-refractivity contribution in [1.29, 1.82) is 0 Å². The second-order valence-electron chi connectivity index (χ2n) is 6.27. The highest BCUT2D eigenvalue weighted by Gasteiger charge is 2.16. The first kappa shape index (κ1) is 16.8. The first-order valence-electron chi connectivity index (χ1n) is 8.72. The van der Waals surface area contributed by atoms with Crippen LogP contribution in [0.25, 0.3) is 10.2 Å². The number of thiazole rings is 1. The van der Waals surface area contributed by atoms with Crippen LogP contribution in [0.2, 0.25) is 0 Å². The number of carbonyl (C=O) groups is 1. The van der Waals surface area contributed by atoms with Crippen molar-refractivity contribution >= 4 is 27.5 Å². The normalized spacial score (nSPS) is 14.2. The zero-order valence-electron chi connectivity index (χ0n) is 14.5. The van der Waals surface area contributed by atoms with E-state index in [0.717, 1.165) is 32.3 Å². The molecule has 0 saturated heterocycles. The van der Waals surface area contributed by atoms with Crippen molar-refractivity contribution in [2.24, 2.45) is 0 Å². The second-order valence-corrected chi connectivity index (χ2v) is 7.38. The summed E-state index contributed by atoms with van der Waals surface area (Å²) in [5.74, 6) is 1.52. The third-order valence-corrected chi connectivity index (χ3v) is 5.44. The first-order chi connectivity index (χ1) is 12.7. The molecule has 6 heteroatoms. The number of benzene rings is 2. The molecule has 4 rings (SSSR count). The number of hydrogen-bond acceptors (Lipinski definition) is 5. The van der Waals surface area contributed by atoms with Crippen LogP contribution >= 0.6 is 11.3 Å². The molecular weight excluding hydrogens is 348 g/mol. The molecule has 1 N–H and O–H groups in total. The molecule has 0 aliphatic carbocycles. The first-order valence-corrected chi connectivity index (χ1v) is 9.54. The fourth-order valence-electron chi connectivity index (χ4n) is 2.97. The van der Waals surface area contributed by atoms with Crippen molar-refractivity contribution in [2.45, 2.75) is 25.8 Å². The fourth-order valence-corrected chi connectivity index (χ4v) is 3.94. The van der Waals surface area contributed by atoms with E-state index in [0.29, 0.717) is 26.1 Å². The number of amides is 1. The van der Waals surface area contributed by atoms with Crippen LogP contribution in [0, 0.1) is 0 Å². The highest BCUT2D eigenvalue weighted by atomic mass is 32.1. The van der Waals surface area contributed by atoms with Gasteiger partial charge in [0.05, 0.1) is 21.3 Å². The predicted octanol–water partition coefficient (Wildman–Crippen LogP) is 3.88. The summed E-state index contributed by atoms with van der Waals surface area (Å²) in [6, 6.07) is 13.8. The fraction of sp³-hybridized carbons (Fsp3) is 0.300. The van der Waals surface area contributed by atoms with Gasteiger partial charge >= 0.3 is 0 Å². The number of carbonyl (C=O) groups excluding carboxylic acids is 1. The molecule has 1 aromatic heterocycles. The maximum Gasteiger partial charge on any atom is 0.220 e. The van der Waals surface area contributed by atoms with Crippen LogP contribution in [-0.4, -0.2) is 24.1 Å². The van der Waals surface area contributed by atoms with Gasteiger partial charge in [0.2, 0.25) is 5.91 Å². The number of nitrogens with one attached hydrogen (secondary N) is 1. The summed E-state index contributed by atoms with van der Waals surface area (Å²) in [6.45, 7) is 3.10. The largest absolute Gasteiger partial charge is 0.486 e. The molecule has 0 fully saturated rings. The van der Waals surface area contributed by atoms with E-state index < -0.39 is 0 Å². The van der Waals surface area contributed by atoms with Gasteiger partial charge in [0.1, 0.15) is 13.2 Å². The minimum atomic E-state index is -0.0892. The number of aryl methyl sites for hydroxylation is 1. The quantitative estimate of drug-likeness (QED) is 0.742. The molecule has 0 bridgehead atoms. The van der Waals surface area contributed by atoms with E-state index in [1.807, 2.05) is 43.3 Å². The maximum absolute atomic E-state index is 12.3. The van der Waals surface area contributed by atoms with E-state index in [1.165, 1.54) is 0 Å². The Balaban J connectivity index is 1.35. The number of fused-ring (bicyclic) bond motifs is 2. The topological polar surface area (TPSA) is 60.5 Å². The Morgan fingerprint density at radius 3 is 2.85 bits per heavy atom. The SMILES string of the molecule is C[C@H](NC(=O)CCc1nc2ccccc2s1)c1ccc2c(c1)OCCO2. The van der Waals surface area contributed by atoms with Gasteiger partial charge in [-0.3, -0.25) is 4.79 Å². The smallest absolute Gasteiger partial charge is 0.220 e. The van der Waals surface area contributed by atoms with Crippen molar-refractivity contribution in [3.8, 4) is 11.5 Å². The van der Waals surface area contributed by atoms with Gasteiger partial charge in [0, 0.05) is 12.8 Å². The van der Waals surface area contributed by atoms with E-state index >= 15 is 0 Å². The number of aromatic nitrogens is 1. The summed E-state index contributed by atoms with van der Waals surface area (Å²) in [4.78, 5) is 16.9. The highest BCUT2D eigenvalue weighted by Crippen LogP contribution is 2.32. The molecule has 2 heterocycles. The second kappa shape index (κ2) is 7.33. The van der Waals surface area contributed by atoms with Crippen molar-refractivity contribution in [2.75, 3.05) is 13.2 Å². The molecule has 26 heavy (non-hydrogen) atoms. The van der Waals surface area contributed by atoms with Gasteiger partial charge in [0.25, 0.3) is 0 Å². The van der Waals surface area contributed by atoms with E-state index in [2.05, 4.69) is 16.4 Å². The Hall–Kier alpha value is -2.60. The van der Waals surface area contributed by atoms with Crippen molar-refractivity contribution in [1.82, 2.24) is 10.3 Å². The summed E-state index contributed by atoms with van der Waals surface area (Å²) in [7, 11) is 0. The molecule has 0 saturated carbocycles. The summed E-state index contributed by atoms with van der Waals surface area (Å²) < 4.78 is 12.3. The van der Waals surface area contributed by atoms with Crippen molar-refractivity contribution in [3.05, 3.63) is 53.0 Å². The summed E-state index contributed by atoms with van der Waals surface area (Å²) >= 11 is 1.65. The Bertz CT molecular complexity index is 905. The lowest BCUT2D eigenvalue weighted by Gasteiger charge is -2.21. The molecule has 5 nitrogen and oxygen atoms in total. The monoisotopic (exact) mass is 368 g/mol. The number of rotatable bonds is 5. The number of nitrogens with zero attached hydrogens (tertiary/aromatic N) is 1. The van der Waals surface area contributed by atoms with E-state index in [4.69, 9.17) is 9.47 Å². The lowest BCUT2D eigenvalue weighted by Crippen LogP contribution is -2.27. The molecule has 1 atom stereocenters. The minimum Gasteiger partial charge on any atom is -0.486 e. The Morgan fingerprint density at radius 1 is 1.19 bits per heavy atom. The molecule has 0 unspecified atom stereocenters. The van der Waals surface area contributed by atoms with Gasteiger partial charge in [-0.1, -0.05) is 18.2 Å². The summed E-state index contributed by atoms with van der Waals surface area (Å²) in [6.07, 6.45) is 1.08. The third-order valence-electron chi connectivity index (χ3n) is 4.35. The van der Waals surface area contributed by atoms with E-state index in [1.54, 1.807) is 11.3 Å². The number of ether oxygens (including phenoxy) is 2. The van der Waals surface area contributed by atoms with Crippen LogP contribution in [0.3, 0.4) is 0 Å². The molecular formula is C20H20N2O3S. The minimum absolute atomic E-state index is 0.0200. The maximum atomic E-state index is 12.3. The standard InChI is InChI=1S/C20H20N2O3S/c1-13(14-6-7-16-17(12-14)25-11-10-24-16)21-19(23)8-9-20-22-15-4-2-3-5-18(15)26-20/h2-7,12-13H,8-11H2,1H3,(H,21,23)/t13-/m0/s1. The molecule has 3 aromatic rings. The van der Waals surface area contributed by atoms with Crippen LogP contribution < -0.4 is 14.8 Å². The van der Waals surface area contributed by atoms with Gasteiger partial charge < -0.3 is 14.8 Å². The van der Waals surface area contributed by atoms with Gasteiger partial charge in [0.15, 0.2) is 11.5 Å². The van der Waals surface area contributed by atoms with Gasteiger partial charge in [-0.2, -0.15) is 0 Å². The summed E-state index contributed by atoms with van der Waals surface area (Å²) in [5.41, 5.74) is 2.00. The molecule has 1 amide bonds. The molecule has 1 aliphatic rings. The zero-order valence-corrected chi connectivity index (χ0v) is 15.3. The van der Waals surface area contributed by atoms with E-state index in [9.17, 15) is 4.79 Å². The van der Waals surface area contributed by atoms with Crippen LogP contribution in [0.15, 0.2) is 42.5 Å². The Labute approximate surface area is 156 Å². The van der Waals surface area contributed by atoms with Crippen LogP contribution in [-0.2, 0) is 11.2 Å². The highest BCUT2D eigenvalue weighted by molar-refractivity contribution is 7.18. The number of hydrogen-bond donors (Lipinski definition) is 1. The average Bonchev–Trinajstić information content (AvgIpc) is 3.09. The average molecular weight is 368 g/mol. The zero-order chi connectivity index (χ0) is 17.9.